The Hall–Kier alpha value is -1.03. The van der Waals surface area contributed by atoms with Crippen molar-refractivity contribution < 1.29 is 0 Å². The zero-order chi connectivity index (χ0) is 14.5. The summed E-state index contributed by atoms with van der Waals surface area (Å²) in [5.41, 5.74) is 8.38. The monoisotopic (exact) mass is 306 g/mol. The Balaban J connectivity index is 2.11. The van der Waals surface area contributed by atoms with E-state index in [9.17, 15) is 0 Å². The van der Waals surface area contributed by atoms with Crippen molar-refractivity contribution in [2.75, 3.05) is 0 Å². The average Bonchev–Trinajstić information content (AvgIpc) is 2.44. The molecule has 0 radical (unpaired) electrons. The number of nitrogens with two attached hydrogens (primary N) is 1. The van der Waals surface area contributed by atoms with Gasteiger partial charge in [-0.15, -0.1) is 0 Å². The lowest BCUT2D eigenvalue weighted by Gasteiger charge is -2.11. The highest BCUT2D eigenvalue weighted by atomic mass is 35.5. The quantitative estimate of drug-likeness (QED) is 0.885. The van der Waals surface area contributed by atoms with Crippen LogP contribution in [0.2, 0.25) is 5.02 Å². The molecule has 0 amide bonds. The SMILES string of the molecule is CCC(N)Cc1cnc(Sc2ccc(Cl)cc2)c(C)c1. The highest BCUT2D eigenvalue weighted by Crippen LogP contribution is 2.29. The van der Waals surface area contributed by atoms with Crippen LogP contribution in [0.15, 0.2) is 46.5 Å². The maximum atomic E-state index is 5.99. The van der Waals surface area contributed by atoms with Gasteiger partial charge in [0.25, 0.3) is 0 Å². The average molecular weight is 307 g/mol. The fraction of sp³-hybridized carbons (Fsp3) is 0.312. The van der Waals surface area contributed by atoms with Crippen LogP contribution in [0.4, 0.5) is 0 Å². The van der Waals surface area contributed by atoms with Crippen molar-refractivity contribution in [1.29, 1.82) is 0 Å². The molecule has 0 saturated carbocycles. The summed E-state index contributed by atoms with van der Waals surface area (Å²) in [6.45, 7) is 4.20. The molecule has 2 rings (SSSR count). The molecule has 0 spiro atoms. The summed E-state index contributed by atoms with van der Waals surface area (Å²) < 4.78 is 0. The number of hydrogen-bond donors (Lipinski definition) is 1. The van der Waals surface area contributed by atoms with Crippen LogP contribution in [-0.2, 0) is 6.42 Å². The maximum absolute atomic E-state index is 5.99. The van der Waals surface area contributed by atoms with Crippen LogP contribution < -0.4 is 5.73 Å². The van der Waals surface area contributed by atoms with Gasteiger partial charge in [-0.25, -0.2) is 4.98 Å². The standard InChI is InChI=1S/C16H19ClN2S/c1-3-14(18)9-12-8-11(2)16(19-10-12)20-15-6-4-13(17)5-7-15/h4-8,10,14H,3,9,18H2,1-2H3. The minimum Gasteiger partial charge on any atom is -0.327 e. The van der Waals surface area contributed by atoms with Crippen LogP contribution >= 0.6 is 23.4 Å². The molecule has 1 heterocycles. The number of hydrogen-bond acceptors (Lipinski definition) is 3. The molecule has 2 N–H and O–H groups in total. The number of halogens is 1. The van der Waals surface area contributed by atoms with E-state index in [2.05, 4.69) is 24.9 Å². The predicted octanol–water partition coefficient (Wildman–Crippen LogP) is 4.47. The van der Waals surface area contributed by atoms with Gasteiger partial charge in [0.15, 0.2) is 0 Å². The van der Waals surface area contributed by atoms with E-state index in [0.717, 1.165) is 27.8 Å². The summed E-state index contributed by atoms with van der Waals surface area (Å²) in [5.74, 6) is 0. The van der Waals surface area contributed by atoms with Gasteiger partial charge in [0.1, 0.15) is 5.03 Å². The number of nitrogens with zero attached hydrogens (tertiary/aromatic N) is 1. The topological polar surface area (TPSA) is 38.9 Å². The summed E-state index contributed by atoms with van der Waals surface area (Å²) in [5, 5.41) is 1.78. The minimum atomic E-state index is 0.214. The summed E-state index contributed by atoms with van der Waals surface area (Å²) in [7, 11) is 0. The lowest BCUT2D eigenvalue weighted by Crippen LogP contribution is -2.21. The second-order valence-electron chi connectivity index (χ2n) is 4.89. The van der Waals surface area contributed by atoms with Gasteiger partial charge in [0.05, 0.1) is 0 Å². The first-order valence-corrected chi connectivity index (χ1v) is 7.92. The normalized spacial score (nSPS) is 12.4. The van der Waals surface area contributed by atoms with E-state index in [4.69, 9.17) is 17.3 Å². The fourth-order valence-corrected chi connectivity index (χ4v) is 2.85. The predicted molar refractivity (Wildman–Crippen MR) is 86.5 cm³/mol. The van der Waals surface area contributed by atoms with Crippen molar-refractivity contribution in [3.63, 3.8) is 0 Å². The van der Waals surface area contributed by atoms with Crippen molar-refractivity contribution >= 4 is 23.4 Å². The fourth-order valence-electron chi connectivity index (χ4n) is 1.90. The Morgan fingerprint density at radius 1 is 1.30 bits per heavy atom. The summed E-state index contributed by atoms with van der Waals surface area (Å²) in [4.78, 5) is 5.70. The van der Waals surface area contributed by atoms with E-state index in [1.165, 1.54) is 11.1 Å². The zero-order valence-corrected chi connectivity index (χ0v) is 13.3. The van der Waals surface area contributed by atoms with Crippen molar-refractivity contribution in [3.8, 4) is 0 Å². The highest BCUT2D eigenvalue weighted by Gasteiger charge is 2.07. The Morgan fingerprint density at radius 2 is 2.00 bits per heavy atom. The van der Waals surface area contributed by atoms with Gasteiger partial charge in [0, 0.05) is 22.2 Å². The molecule has 1 aromatic heterocycles. The van der Waals surface area contributed by atoms with Crippen LogP contribution in [-0.4, -0.2) is 11.0 Å². The van der Waals surface area contributed by atoms with E-state index in [0.29, 0.717) is 0 Å². The second-order valence-corrected chi connectivity index (χ2v) is 6.39. The first-order valence-electron chi connectivity index (χ1n) is 6.73. The second kappa shape index (κ2) is 7.11. The zero-order valence-electron chi connectivity index (χ0n) is 11.8. The van der Waals surface area contributed by atoms with Crippen molar-refractivity contribution in [2.45, 2.75) is 42.7 Å². The van der Waals surface area contributed by atoms with Crippen LogP contribution in [0.25, 0.3) is 0 Å². The van der Waals surface area contributed by atoms with E-state index >= 15 is 0 Å². The molecular weight excluding hydrogens is 288 g/mol. The molecule has 4 heteroatoms. The molecule has 1 unspecified atom stereocenters. The number of pyridine rings is 1. The Labute approximate surface area is 129 Å². The van der Waals surface area contributed by atoms with Crippen molar-refractivity contribution in [2.24, 2.45) is 5.73 Å². The van der Waals surface area contributed by atoms with Crippen LogP contribution in [0.1, 0.15) is 24.5 Å². The summed E-state index contributed by atoms with van der Waals surface area (Å²) in [6.07, 6.45) is 3.80. The van der Waals surface area contributed by atoms with E-state index in [1.807, 2.05) is 30.5 Å². The molecule has 106 valence electrons. The molecule has 20 heavy (non-hydrogen) atoms. The molecule has 0 aliphatic heterocycles. The van der Waals surface area contributed by atoms with Gasteiger partial charge in [-0.3, -0.25) is 0 Å². The van der Waals surface area contributed by atoms with Gasteiger partial charge in [-0.2, -0.15) is 0 Å². The summed E-state index contributed by atoms with van der Waals surface area (Å²) >= 11 is 7.55. The summed E-state index contributed by atoms with van der Waals surface area (Å²) in [6, 6.07) is 10.2. The first kappa shape index (κ1) is 15.4. The van der Waals surface area contributed by atoms with E-state index in [1.54, 1.807) is 11.8 Å². The smallest absolute Gasteiger partial charge is 0.104 e. The molecule has 0 saturated heterocycles. The molecule has 0 aliphatic carbocycles. The van der Waals surface area contributed by atoms with Gasteiger partial charge in [-0.05, 0) is 55.2 Å². The maximum Gasteiger partial charge on any atom is 0.104 e. The van der Waals surface area contributed by atoms with E-state index in [-0.39, 0.29) is 6.04 Å². The molecule has 1 aromatic carbocycles. The molecule has 0 bridgehead atoms. The van der Waals surface area contributed by atoms with Gasteiger partial charge in [0.2, 0.25) is 0 Å². The molecule has 1 atom stereocenters. The van der Waals surface area contributed by atoms with Gasteiger partial charge >= 0.3 is 0 Å². The third kappa shape index (κ3) is 4.23. The lowest BCUT2D eigenvalue weighted by atomic mass is 10.1. The van der Waals surface area contributed by atoms with Crippen molar-refractivity contribution in [1.82, 2.24) is 4.98 Å². The van der Waals surface area contributed by atoms with Crippen LogP contribution in [0, 0.1) is 6.92 Å². The molecular formula is C16H19ClN2S. The highest BCUT2D eigenvalue weighted by molar-refractivity contribution is 7.99. The molecule has 0 aliphatic rings. The molecule has 0 fully saturated rings. The van der Waals surface area contributed by atoms with Crippen molar-refractivity contribution in [3.05, 3.63) is 52.7 Å². The van der Waals surface area contributed by atoms with Gasteiger partial charge in [-0.1, -0.05) is 36.4 Å². The lowest BCUT2D eigenvalue weighted by molar-refractivity contribution is 0.644. The number of aryl methyl sites for hydroxylation is 1. The minimum absolute atomic E-state index is 0.214. The Kier molecular flexibility index (Phi) is 5.46. The largest absolute Gasteiger partial charge is 0.327 e. The number of rotatable bonds is 5. The van der Waals surface area contributed by atoms with Crippen LogP contribution in [0.5, 0.6) is 0 Å². The van der Waals surface area contributed by atoms with Gasteiger partial charge < -0.3 is 5.73 Å². The van der Waals surface area contributed by atoms with Crippen LogP contribution in [0.3, 0.4) is 0 Å². The van der Waals surface area contributed by atoms with E-state index < -0.39 is 0 Å². The Bertz CT molecular complexity index is 569. The molecule has 2 aromatic rings. The number of aromatic nitrogens is 1. The first-order chi connectivity index (χ1) is 9.58. The number of benzene rings is 1. The molecule has 2 nitrogen and oxygen atoms in total. The third-order valence-electron chi connectivity index (χ3n) is 3.14. The third-order valence-corrected chi connectivity index (χ3v) is 4.52. The Morgan fingerprint density at radius 3 is 2.60 bits per heavy atom.